The molecule has 0 spiro atoms. The molecule has 0 unspecified atom stereocenters. The summed E-state index contributed by atoms with van der Waals surface area (Å²) in [5, 5.41) is 0. The van der Waals surface area contributed by atoms with E-state index in [1.165, 1.54) is 39.0 Å². The van der Waals surface area contributed by atoms with Crippen LogP contribution >= 0.6 is 0 Å². The lowest BCUT2D eigenvalue weighted by Crippen LogP contribution is -2.59. The summed E-state index contributed by atoms with van der Waals surface area (Å²) in [6.45, 7) is 10.0. The molecule has 0 saturated carbocycles. The number of likely N-dealkylation sites (N-methyl/N-ethyl adjacent to an activating group) is 1. The molecule has 84 valence electrons. The summed E-state index contributed by atoms with van der Waals surface area (Å²) in [5.41, 5.74) is 6.20. The lowest BCUT2D eigenvalue weighted by atomic mass is 9.90. The van der Waals surface area contributed by atoms with Crippen LogP contribution in [0.5, 0.6) is 0 Å². The Morgan fingerprint density at radius 2 is 1.57 bits per heavy atom. The standard InChI is InChI=1S/C11H25N3/c1-4-11(5-2,10-12)14-8-6-13(3)7-9-14/h4-10,12H2,1-3H3. The van der Waals surface area contributed by atoms with Crippen LogP contribution in [0.15, 0.2) is 0 Å². The van der Waals surface area contributed by atoms with Crippen molar-refractivity contribution in [3.63, 3.8) is 0 Å². The monoisotopic (exact) mass is 199 g/mol. The van der Waals surface area contributed by atoms with Crippen molar-refractivity contribution in [1.82, 2.24) is 9.80 Å². The van der Waals surface area contributed by atoms with Gasteiger partial charge in [0.25, 0.3) is 0 Å². The molecule has 14 heavy (non-hydrogen) atoms. The summed E-state index contributed by atoms with van der Waals surface area (Å²) in [7, 11) is 2.19. The number of rotatable bonds is 4. The first-order chi connectivity index (χ1) is 6.68. The largest absolute Gasteiger partial charge is 0.329 e. The summed E-state index contributed by atoms with van der Waals surface area (Å²) >= 11 is 0. The van der Waals surface area contributed by atoms with Crippen molar-refractivity contribution in [3.05, 3.63) is 0 Å². The second kappa shape index (κ2) is 5.10. The van der Waals surface area contributed by atoms with Gasteiger partial charge in [0, 0.05) is 38.3 Å². The number of hydrogen-bond donors (Lipinski definition) is 1. The third-order valence-corrected chi connectivity index (χ3v) is 3.87. The highest BCUT2D eigenvalue weighted by Crippen LogP contribution is 2.23. The zero-order valence-corrected chi connectivity index (χ0v) is 9.92. The molecule has 2 N–H and O–H groups in total. The molecule has 0 amide bonds. The molecule has 0 aromatic carbocycles. The van der Waals surface area contributed by atoms with Crippen LogP contribution in [0.2, 0.25) is 0 Å². The molecule has 3 heteroatoms. The molecular formula is C11H25N3. The van der Waals surface area contributed by atoms with Gasteiger partial charge in [-0.2, -0.15) is 0 Å². The van der Waals surface area contributed by atoms with E-state index in [4.69, 9.17) is 5.73 Å². The summed E-state index contributed by atoms with van der Waals surface area (Å²) in [4.78, 5) is 4.98. The Hall–Kier alpha value is -0.120. The van der Waals surface area contributed by atoms with Crippen LogP contribution in [-0.2, 0) is 0 Å². The molecule has 0 atom stereocenters. The molecule has 0 bridgehead atoms. The molecule has 0 aliphatic carbocycles. The topological polar surface area (TPSA) is 32.5 Å². The molecule has 0 aromatic heterocycles. The minimum absolute atomic E-state index is 0.265. The van der Waals surface area contributed by atoms with Gasteiger partial charge in [-0.1, -0.05) is 13.8 Å². The van der Waals surface area contributed by atoms with Crippen molar-refractivity contribution in [3.8, 4) is 0 Å². The zero-order valence-electron chi connectivity index (χ0n) is 9.92. The maximum absolute atomic E-state index is 5.94. The van der Waals surface area contributed by atoms with Gasteiger partial charge in [0.05, 0.1) is 0 Å². The fraction of sp³-hybridized carbons (Fsp3) is 1.00. The second-order valence-corrected chi connectivity index (χ2v) is 4.43. The van der Waals surface area contributed by atoms with Gasteiger partial charge in [0.1, 0.15) is 0 Å². The Labute approximate surface area is 88.2 Å². The molecule has 3 nitrogen and oxygen atoms in total. The summed E-state index contributed by atoms with van der Waals surface area (Å²) in [6.07, 6.45) is 2.34. The van der Waals surface area contributed by atoms with Gasteiger partial charge in [0.2, 0.25) is 0 Å². The van der Waals surface area contributed by atoms with Crippen molar-refractivity contribution in [2.24, 2.45) is 5.73 Å². The fourth-order valence-corrected chi connectivity index (χ4v) is 2.40. The first-order valence-corrected chi connectivity index (χ1v) is 5.82. The SMILES string of the molecule is CCC(CC)(CN)N1CCN(C)CC1. The summed E-state index contributed by atoms with van der Waals surface area (Å²) in [5.74, 6) is 0. The van der Waals surface area contributed by atoms with E-state index in [0.29, 0.717) is 0 Å². The summed E-state index contributed by atoms with van der Waals surface area (Å²) in [6, 6.07) is 0. The number of nitrogens with zero attached hydrogens (tertiary/aromatic N) is 2. The summed E-state index contributed by atoms with van der Waals surface area (Å²) < 4.78 is 0. The van der Waals surface area contributed by atoms with Crippen LogP contribution in [-0.4, -0.2) is 55.1 Å². The van der Waals surface area contributed by atoms with Crippen LogP contribution in [0.1, 0.15) is 26.7 Å². The van der Waals surface area contributed by atoms with E-state index in [2.05, 4.69) is 30.7 Å². The smallest absolute Gasteiger partial charge is 0.0327 e. The Balaban J connectivity index is 2.60. The van der Waals surface area contributed by atoms with Crippen molar-refractivity contribution in [1.29, 1.82) is 0 Å². The highest BCUT2D eigenvalue weighted by Gasteiger charge is 2.33. The Kier molecular flexibility index (Phi) is 4.35. The molecular weight excluding hydrogens is 174 g/mol. The first kappa shape index (κ1) is 12.0. The highest BCUT2D eigenvalue weighted by atomic mass is 15.3. The molecule has 0 aromatic rings. The second-order valence-electron chi connectivity index (χ2n) is 4.43. The maximum Gasteiger partial charge on any atom is 0.0327 e. The van der Waals surface area contributed by atoms with Gasteiger partial charge in [-0.3, -0.25) is 4.90 Å². The van der Waals surface area contributed by atoms with Crippen LogP contribution < -0.4 is 5.73 Å². The van der Waals surface area contributed by atoms with E-state index in [1.54, 1.807) is 0 Å². The molecule has 1 rings (SSSR count). The van der Waals surface area contributed by atoms with Gasteiger partial charge in [0.15, 0.2) is 0 Å². The lowest BCUT2D eigenvalue weighted by molar-refractivity contribution is 0.0387. The molecule has 1 aliphatic heterocycles. The number of hydrogen-bond acceptors (Lipinski definition) is 3. The number of nitrogens with two attached hydrogens (primary N) is 1. The Bertz CT molecular complexity index is 150. The molecule has 0 radical (unpaired) electrons. The Morgan fingerprint density at radius 1 is 1.07 bits per heavy atom. The van der Waals surface area contributed by atoms with Gasteiger partial charge in [-0.25, -0.2) is 0 Å². The van der Waals surface area contributed by atoms with Gasteiger partial charge < -0.3 is 10.6 Å². The van der Waals surface area contributed by atoms with E-state index >= 15 is 0 Å². The van der Waals surface area contributed by atoms with E-state index in [-0.39, 0.29) is 5.54 Å². The number of piperazine rings is 1. The predicted molar refractivity (Wildman–Crippen MR) is 61.4 cm³/mol. The first-order valence-electron chi connectivity index (χ1n) is 5.82. The van der Waals surface area contributed by atoms with E-state index in [9.17, 15) is 0 Å². The van der Waals surface area contributed by atoms with E-state index in [0.717, 1.165) is 6.54 Å². The average Bonchev–Trinajstić information content (AvgIpc) is 2.24. The minimum atomic E-state index is 0.265. The molecule has 1 saturated heterocycles. The van der Waals surface area contributed by atoms with Crippen LogP contribution in [0.25, 0.3) is 0 Å². The molecule has 1 aliphatic rings. The van der Waals surface area contributed by atoms with E-state index in [1.807, 2.05) is 0 Å². The zero-order chi connectivity index (χ0) is 10.6. The third kappa shape index (κ3) is 2.27. The lowest BCUT2D eigenvalue weighted by Gasteiger charge is -2.46. The highest BCUT2D eigenvalue weighted by molar-refractivity contribution is 4.91. The Morgan fingerprint density at radius 3 is 1.93 bits per heavy atom. The van der Waals surface area contributed by atoms with Crippen molar-refractivity contribution >= 4 is 0 Å². The van der Waals surface area contributed by atoms with E-state index < -0.39 is 0 Å². The van der Waals surface area contributed by atoms with Crippen LogP contribution in [0.4, 0.5) is 0 Å². The minimum Gasteiger partial charge on any atom is -0.329 e. The quantitative estimate of drug-likeness (QED) is 0.725. The predicted octanol–water partition coefficient (Wildman–Crippen LogP) is 0.751. The third-order valence-electron chi connectivity index (χ3n) is 3.87. The van der Waals surface area contributed by atoms with Gasteiger partial charge in [-0.15, -0.1) is 0 Å². The molecule has 1 heterocycles. The van der Waals surface area contributed by atoms with Gasteiger partial charge in [-0.05, 0) is 19.9 Å². The average molecular weight is 199 g/mol. The fourth-order valence-electron chi connectivity index (χ4n) is 2.40. The van der Waals surface area contributed by atoms with Crippen molar-refractivity contribution < 1.29 is 0 Å². The van der Waals surface area contributed by atoms with Gasteiger partial charge >= 0.3 is 0 Å². The maximum atomic E-state index is 5.94. The van der Waals surface area contributed by atoms with Crippen LogP contribution in [0, 0.1) is 0 Å². The van der Waals surface area contributed by atoms with Crippen molar-refractivity contribution in [2.75, 3.05) is 39.8 Å². The normalized spacial score (nSPS) is 21.4. The van der Waals surface area contributed by atoms with Crippen molar-refractivity contribution in [2.45, 2.75) is 32.2 Å². The van der Waals surface area contributed by atoms with Crippen LogP contribution in [0.3, 0.4) is 0 Å². The molecule has 1 fully saturated rings.